The number of carbonyl (C=O) groups excluding carboxylic acids is 2. The molecule has 62 valence electrons. The standard InChI is InChI=1S/C8H12O3/c1-6(10)11-5-8-3-2-7(8)4-9/h4,7-8H,2-3,5H2,1H3/t7-,8+/m1/s1. The van der Waals surface area contributed by atoms with Gasteiger partial charge in [-0.1, -0.05) is 0 Å². The number of rotatable bonds is 3. The molecule has 0 aliphatic heterocycles. The van der Waals surface area contributed by atoms with Crippen molar-refractivity contribution in [3.8, 4) is 0 Å². The minimum absolute atomic E-state index is 0.134. The molecule has 1 rings (SSSR count). The molecular formula is C8H12O3. The third-order valence-electron chi connectivity index (χ3n) is 2.15. The van der Waals surface area contributed by atoms with Crippen LogP contribution in [0.4, 0.5) is 0 Å². The smallest absolute Gasteiger partial charge is 0.302 e. The van der Waals surface area contributed by atoms with Crippen LogP contribution in [0.2, 0.25) is 0 Å². The predicted octanol–water partition coefficient (Wildman–Crippen LogP) is 0.775. The summed E-state index contributed by atoms with van der Waals surface area (Å²) < 4.78 is 4.78. The summed E-state index contributed by atoms with van der Waals surface area (Å²) >= 11 is 0. The van der Waals surface area contributed by atoms with Gasteiger partial charge in [-0.05, 0) is 12.8 Å². The van der Waals surface area contributed by atoms with E-state index in [1.807, 2.05) is 0 Å². The molecular weight excluding hydrogens is 144 g/mol. The third kappa shape index (κ3) is 2.03. The predicted molar refractivity (Wildman–Crippen MR) is 38.9 cm³/mol. The Morgan fingerprint density at radius 1 is 1.64 bits per heavy atom. The topological polar surface area (TPSA) is 43.4 Å². The first-order valence-corrected chi connectivity index (χ1v) is 3.82. The lowest BCUT2D eigenvalue weighted by Crippen LogP contribution is -2.31. The van der Waals surface area contributed by atoms with Gasteiger partial charge in [0.05, 0.1) is 6.61 Å². The van der Waals surface area contributed by atoms with Crippen molar-refractivity contribution in [2.75, 3.05) is 6.61 Å². The van der Waals surface area contributed by atoms with E-state index in [4.69, 9.17) is 4.74 Å². The molecule has 0 aromatic rings. The van der Waals surface area contributed by atoms with Gasteiger partial charge in [-0.15, -0.1) is 0 Å². The van der Waals surface area contributed by atoms with E-state index in [1.54, 1.807) is 0 Å². The summed E-state index contributed by atoms with van der Waals surface area (Å²) in [6.07, 6.45) is 2.92. The van der Waals surface area contributed by atoms with Crippen LogP contribution in [0.15, 0.2) is 0 Å². The van der Waals surface area contributed by atoms with Crippen molar-refractivity contribution in [3.05, 3.63) is 0 Å². The van der Waals surface area contributed by atoms with Crippen LogP contribution in [0, 0.1) is 11.8 Å². The molecule has 1 saturated carbocycles. The van der Waals surface area contributed by atoms with Gasteiger partial charge < -0.3 is 9.53 Å². The van der Waals surface area contributed by atoms with Crippen molar-refractivity contribution in [2.45, 2.75) is 19.8 Å². The lowest BCUT2D eigenvalue weighted by Gasteiger charge is -2.31. The largest absolute Gasteiger partial charge is 0.466 e. The molecule has 0 N–H and O–H groups in total. The van der Waals surface area contributed by atoms with Crippen molar-refractivity contribution < 1.29 is 14.3 Å². The van der Waals surface area contributed by atoms with Gasteiger partial charge in [-0.3, -0.25) is 4.79 Å². The van der Waals surface area contributed by atoms with Gasteiger partial charge in [0.15, 0.2) is 0 Å². The molecule has 0 bridgehead atoms. The Hall–Kier alpha value is -0.860. The molecule has 0 spiro atoms. The minimum atomic E-state index is -0.262. The second kappa shape index (κ2) is 3.51. The highest BCUT2D eigenvalue weighted by Gasteiger charge is 2.30. The van der Waals surface area contributed by atoms with E-state index in [9.17, 15) is 9.59 Å². The van der Waals surface area contributed by atoms with Crippen LogP contribution in [0.25, 0.3) is 0 Å². The third-order valence-corrected chi connectivity index (χ3v) is 2.15. The second-order valence-electron chi connectivity index (χ2n) is 2.94. The van der Waals surface area contributed by atoms with Crippen LogP contribution in [0.3, 0.4) is 0 Å². The van der Waals surface area contributed by atoms with Crippen LogP contribution in [0.1, 0.15) is 19.8 Å². The Labute approximate surface area is 65.7 Å². The molecule has 2 atom stereocenters. The van der Waals surface area contributed by atoms with Gasteiger partial charge in [0, 0.05) is 18.8 Å². The molecule has 1 aliphatic rings. The highest BCUT2D eigenvalue weighted by atomic mass is 16.5. The van der Waals surface area contributed by atoms with E-state index in [1.165, 1.54) is 6.92 Å². The van der Waals surface area contributed by atoms with Gasteiger partial charge >= 0.3 is 5.97 Å². The van der Waals surface area contributed by atoms with Crippen molar-refractivity contribution in [1.82, 2.24) is 0 Å². The van der Waals surface area contributed by atoms with E-state index in [0.717, 1.165) is 19.1 Å². The average molecular weight is 156 g/mol. The monoisotopic (exact) mass is 156 g/mol. The van der Waals surface area contributed by atoms with Crippen molar-refractivity contribution >= 4 is 12.3 Å². The molecule has 0 saturated heterocycles. The Balaban J connectivity index is 2.17. The Morgan fingerprint density at radius 2 is 2.36 bits per heavy atom. The first kappa shape index (κ1) is 8.24. The highest BCUT2D eigenvalue weighted by Crippen LogP contribution is 2.32. The molecule has 0 heterocycles. The molecule has 1 fully saturated rings. The fourth-order valence-corrected chi connectivity index (χ4v) is 1.21. The summed E-state index contributed by atoms with van der Waals surface area (Å²) in [7, 11) is 0. The number of esters is 1. The van der Waals surface area contributed by atoms with E-state index < -0.39 is 0 Å². The Bertz CT molecular complexity index is 165. The van der Waals surface area contributed by atoms with Crippen LogP contribution >= 0.6 is 0 Å². The van der Waals surface area contributed by atoms with Gasteiger partial charge in [0.25, 0.3) is 0 Å². The molecule has 1 aliphatic carbocycles. The highest BCUT2D eigenvalue weighted by molar-refractivity contribution is 5.66. The summed E-state index contributed by atoms with van der Waals surface area (Å²) in [6, 6.07) is 0. The zero-order valence-electron chi connectivity index (χ0n) is 6.58. The zero-order valence-corrected chi connectivity index (χ0v) is 6.58. The molecule has 3 nitrogen and oxygen atoms in total. The average Bonchev–Trinajstić information content (AvgIpc) is 1.86. The molecule has 0 amide bonds. The molecule has 3 heteroatoms. The van der Waals surface area contributed by atoms with Gasteiger partial charge in [-0.25, -0.2) is 0 Å². The maximum absolute atomic E-state index is 10.4. The molecule has 0 aromatic heterocycles. The SMILES string of the molecule is CC(=O)OC[C@@H]1CC[C@@H]1C=O. The number of carbonyl (C=O) groups is 2. The first-order chi connectivity index (χ1) is 5.24. The molecule has 0 radical (unpaired) electrons. The summed E-state index contributed by atoms with van der Waals surface area (Å²) in [5.74, 6) is 0.160. The van der Waals surface area contributed by atoms with Gasteiger partial charge in [0.2, 0.25) is 0 Å². The maximum Gasteiger partial charge on any atom is 0.302 e. The van der Waals surface area contributed by atoms with Crippen molar-refractivity contribution in [3.63, 3.8) is 0 Å². The van der Waals surface area contributed by atoms with Crippen molar-refractivity contribution in [2.24, 2.45) is 11.8 Å². The fourth-order valence-electron chi connectivity index (χ4n) is 1.21. The number of ether oxygens (including phenoxy) is 1. The normalized spacial score (nSPS) is 28.8. The first-order valence-electron chi connectivity index (χ1n) is 3.82. The Kier molecular flexibility index (Phi) is 2.63. The number of aldehydes is 1. The second-order valence-corrected chi connectivity index (χ2v) is 2.94. The van der Waals surface area contributed by atoms with Crippen LogP contribution in [-0.4, -0.2) is 18.9 Å². The zero-order chi connectivity index (χ0) is 8.27. The van der Waals surface area contributed by atoms with E-state index in [2.05, 4.69) is 0 Å². The number of hydrogen-bond acceptors (Lipinski definition) is 3. The van der Waals surface area contributed by atoms with Crippen LogP contribution in [-0.2, 0) is 14.3 Å². The number of hydrogen-bond donors (Lipinski definition) is 0. The summed E-state index contributed by atoms with van der Waals surface area (Å²) in [4.78, 5) is 20.7. The molecule has 11 heavy (non-hydrogen) atoms. The molecule has 0 unspecified atom stereocenters. The van der Waals surface area contributed by atoms with E-state index in [-0.39, 0.29) is 17.8 Å². The summed E-state index contributed by atoms with van der Waals surface area (Å²) in [5.41, 5.74) is 0. The van der Waals surface area contributed by atoms with Crippen molar-refractivity contribution in [1.29, 1.82) is 0 Å². The van der Waals surface area contributed by atoms with E-state index in [0.29, 0.717) is 6.61 Å². The summed E-state index contributed by atoms with van der Waals surface area (Å²) in [5, 5.41) is 0. The molecule has 0 aromatic carbocycles. The quantitative estimate of drug-likeness (QED) is 0.448. The van der Waals surface area contributed by atoms with Crippen LogP contribution in [0.5, 0.6) is 0 Å². The fraction of sp³-hybridized carbons (Fsp3) is 0.750. The summed E-state index contributed by atoms with van der Waals surface area (Å²) in [6.45, 7) is 1.80. The lowest BCUT2D eigenvalue weighted by atomic mass is 9.75. The maximum atomic E-state index is 10.4. The minimum Gasteiger partial charge on any atom is -0.466 e. The van der Waals surface area contributed by atoms with Gasteiger partial charge in [-0.2, -0.15) is 0 Å². The lowest BCUT2D eigenvalue weighted by molar-refractivity contribution is -0.145. The van der Waals surface area contributed by atoms with E-state index >= 15 is 0 Å². The van der Waals surface area contributed by atoms with Gasteiger partial charge in [0.1, 0.15) is 6.29 Å². The Morgan fingerprint density at radius 3 is 2.73 bits per heavy atom. The van der Waals surface area contributed by atoms with Crippen LogP contribution < -0.4 is 0 Å².